The minimum Gasteiger partial charge on any atom is -0.492 e. The van der Waals surface area contributed by atoms with E-state index in [9.17, 15) is 9.59 Å². The van der Waals surface area contributed by atoms with Gasteiger partial charge in [-0.25, -0.2) is 5.48 Å². The standard InChI is InChI=1S/C10H12N2O4/c1-2-16-8-6-4-3-5-7(8)11-9(13)10(14)12-15/h3-6,15H,2H2,1H3,(H,11,13)(H,12,14). The predicted octanol–water partition coefficient (Wildman–Crippen LogP) is 0.529. The first-order chi connectivity index (χ1) is 7.69. The molecule has 2 amide bonds. The van der Waals surface area contributed by atoms with Crippen LogP contribution < -0.4 is 15.5 Å². The van der Waals surface area contributed by atoms with E-state index in [-0.39, 0.29) is 0 Å². The third-order valence-electron chi connectivity index (χ3n) is 1.74. The van der Waals surface area contributed by atoms with Gasteiger partial charge in [0, 0.05) is 0 Å². The Morgan fingerprint density at radius 3 is 2.62 bits per heavy atom. The van der Waals surface area contributed by atoms with E-state index in [2.05, 4.69) is 5.32 Å². The molecule has 0 aliphatic rings. The fraction of sp³-hybridized carbons (Fsp3) is 0.200. The fourth-order valence-corrected chi connectivity index (χ4v) is 1.08. The number of rotatable bonds is 3. The SMILES string of the molecule is CCOc1ccccc1NC(=O)C(=O)NO. The van der Waals surface area contributed by atoms with Gasteiger partial charge in [0.1, 0.15) is 5.75 Å². The number of hydrogen-bond acceptors (Lipinski definition) is 4. The quantitative estimate of drug-likeness (QED) is 0.397. The molecule has 0 fully saturated rings. The zero-order valence-corrected chi connectivity index (χ0v) is 8.69. The van der Waals surface area contributed by atoms with Crippen LogP contribution in [-0.2, 0) is 9.59 Å². The van der Waals surface area contributed by atoms with Crippen molar-refractivity contribution < 1.29 is 19.5 Å². The Bertz CT molecular complexity index is 392. The summed E-state index contributed by atoms with van der Waals surface area (Å²) in [5.41, 5.74) is 1.62. The molecule has 86 valence electrons. The second-order valence-corrected chi connectivity index (χ2v) is 2.82. The molecular formula is C10H12N2O4. The van der Waals surface area contributed by atoms with Gasteiger partial charge in [-0.15, -0.1) is 0 Å². The summed E-state index contributed by atoms with van der Waals surface area (Å²) < 4.78 is 5.24. The van der Waals surface area contributed by atoms with Gasteiger partial charge in [-0.3, -0.25) is 14.8 Å². The Balaban J connectivity index is 2.80. The molecule has 16 heavy (non-hydrogen) atoms. The second kappa shape index (κ2) is 5.72. The lowest BCUT2D eigenvalue weighted by Crippen LogP contribution is -2.33. The third kappa shape index (κ3) is 2.96. The van der Waals surface area contributed by atoms with E-state index in [1.807, 2.05) is 0 Å². The van der Waals surface area contributed by atoms with Crippen LogP contribution in [-0.4, -0.2) is 23.6 Å². The number of hydroxylamine groups is 1. The first kappa shape index (κ1) is 12.0. The maximum Gasteiger partial charge on any atom is 0.332 e. The molecule has 0 aliphatic carbocycles. The normalized spacial score (nSPS) is 9.38. The van der Waals surface area contributed by atoms with Crippen LogP contribution in [0.1, 0.15) is 6.92 Å². The van der Waals surface area contributed by atoms with Crippen LogP contribution in [0.2, 0.25) is 0 Å². The van der Waals surface area contributed by atoms with Gasteiger partial charge in [-0.05, 0) is 19.1 Å². The number of ether oxygens (including phenoxy) is 1. The zero-order valence-electron chi connectivity index (χ0n) is 8.69. The Hall–Kier alpha value is -2.08. The Morgan fingerprint density at radius 2 is 2.00 bits per heavy atom. The van der Waals surface area contributed by atoms with Crippen LogP contribution in [0.25, 0.3) is 0 Å². The molecule has 0 bridgehead atoms. The maximum atomic E-state index is 11.2. The molecule has 0 atom stereocenters. The molecule has 0 aliphatic heterocycles. The smallest absolute Gasteiger partial charge is 0.332 e. The van der Waals surface area contributed by atoms with Crippen molar-refractivity contribution in [3.8, 4) is 5.75 Å². The highest BCUT2D eigenvalue weighted by Crippen LogP contribution is 2.23. The first-order valence-electron chi connectivity index (χ1n) is 4.66. The third-order valence-corrected chi connectivity index (χ3v) is 1.74. The highest BCUT2D eigenvalue weighted by atomic mass is 16.5. The lowest BCUT2D eigenvalue weighted by atomic mass is 10.3. The predicted molar refractivity (Wildman–Crippen MR) is 56.2 cm³/mol. The van der Waals surface area contributed by atoms with Crippen molar-refractivity contribution in [3.05, 3.63) is 24.3 Å². The van der Waals surface area contributed by atoms with Gasteiger partial charge in [0.15, 0.2) is 0 Å². The van der Waals surface area contributed by atoms with Crippen LogP contribution in [0.4, 0.5) is 5.69 Å². The fourth-order valence-electron chi connectivity index (χ4n) is 1.08. The van der Waals surface area contributed by atoms with Crippen molar-refractivity contribution in [2.24, 2.45) is 0 Å². The van der Waals surface area contributed by atoms with Crippen molar-refractivity contribution >= 4 is 17.5 Å². The zero-order chi connectivity index (χ0) is 12.0. The molecule has 1 aromatic rings. The van der Waals surface area contributed by atoms with Crippen molar-refractivity contribution in [1.29, 1.82) is 0 Å². The summed E-state index contributed by atoms with van der Waals surface area (Å²) in [7, 11) is 0. The van der Waals surface area contributed by atoms with Crippen LogP contribution in [0, 0.1) is 0 Å². The average molecular weight is 224 g/mol. The van der Waals surface area contributed by atoms with E-state index in [0.717, 1.165) is 0 Å². The summed E-state index contributed by atoms with van der Waals surface area (Å²) in [6.45, 7) is 2.25. The van der Waals surface area contributed by atoms with Crippen molar-refractivity contribution in [2.75, 3.05) is 11.9 Å². The summed E-state index contributed by atoms with van der Waals surface area (Å²) in [6, 6.07) is 6.69. The van der Waals surface area contributed by atoms with Crippen LogP contribution in [0.5, 0.6) is 5.75 Å². The minimum absolute atomic E-state index is 0.373. The number of benzene rings is 1. The molecule has 0 saturated carbocycles. The number of anilines is 1. The molecule has 0 heterocycles. The first-order valence-corrected chi connectivity index (χ1v) is 4.66. The van der Waals surface area contributed by atoms with E-state index >= 15 is 0 Å². The lowest BCUT2D eigenvalue weighted by Gasteiger charge is -2.10. The van der Waals surface area contributed by atoms with E-state index in [0.29, 0.717) is 18.0 Å². The monoisotopic (exact) mass is 224 g/mol. The number of carbonyl (C=O) groups is 2. The lowest BCUT2D eigenvalue weighted by molar-refractivity contribution is -0.141. The molecule has 1 aromatic carbocycles. The van der Waals surface area contributed by atoms with Gasteiger partial charge in [0.05, 0.1) is 12.3 Å². The topological polar surface area (TPSA) is 87.7 Å². The highest BCUT2D eigenvalue weighted by Gasteiger charge is 2.14. The van der Waals surface area contributed by atoms with E-state index in [1.165, 1.54) is 5.48 Å². The average Bonchev–Trinajstić information content (AvgIpc) is 2.31. The van der Waals surface area contributed by atoms with Crippen molar-refractivity contribution in [3.63, 3.8) is 0 Å². The largest absolute Gasteiger partial charge is 0.492 e. The molecule has 6 heteroatoms. The van der Waals surface area contributed by atoms with E-state index < -0.39 is 11.8 Å². The Kier molecular flexibility index (Phi) is 4.28. The summed E-state index contributed by atoms with van der Waals surface area (Å²) in [5.74, 6) is -1.63. The summed E-state index contributed by atoms with van der Waals surface area (Å²) in [5, 5.41) is 10.6. The van der Waals surface area contributed by atoms with Crippen molar-refractivity contribution in [1.82, 2.24) is 5.48 Å². The number of nitrogens with one attached hydrogen (secondary N) is 2. The van der Waals surface area contributed by atoms with Crippen LogP contribution in [0.15, 0.2) is 24.3 Å². The summed E-state index contributed by atoms with van der Waals surface area (Å²) in [6.07, 6.45) is 0. The second-order valence-electron chi connectivity index (χ2n) is 2.82. The van der Waals surface area contributed by atoms with Gasteiger partial charge in [0.2, 0.25) is 0 Å². The Labute approximate surface area is 92.2 Å². The molecular weight excluding hydrogens is 212 g/mol. The molecule has 0 saturated heterocycles. The molecule has 0 unspecified atom stereocenters. The number of para-hydroxylation sites is 2. The van der Waals surface area contributed by atoms with Gasteiger partial charge >= 0.3 is 11.8 Å². The van der Waals surface area contributed by atoms with Crippen LogP contribution >= 0.6 is 0 Å². The number of amides is 2. The highest BCUT2D eigenvalue weighted by molar-refractivity contribution is 6.39. The molecule has 6 nitrogen and oxygen atoms in total. The van der Waals surface area contributed by atoms with Gasteiger partial charge in [0.25, 0.3) is 0 Å². The van der Waals surface area contributed by atoms with Crippen molar-refractivity contribution in [2.45, 2.75) is 6.92 Å². The van der Waals surface area contributed by atoms with E-state index in [4.69, 9.17) is 9.94 Å². The minimum atomic E-state index is -1.13. The van der Waals surface area contributed by atoms with Gasteiger partial charge in [-0.2, -0.15) is 0 Å². The molecule has 0 radical (unpaired) electrons. The number of carbonyl (C=O) groups excluding carboxylic acids is 2. The molecule has 1 rings (SSSR count). The van der Waals surface area contributed by atoms with Gasteiger partial charge < -0.3 is 10.1 Å². The van der Waals surface area contributed by atoms with E-state index in [1.54, 1.807) is 31.2 Å². The molecule has 3 N–H and O–H groups in total. The molecule has 0 spiro atoms. The van der Waals surface area contributed by atoms with Gasteiger partial charge in [-0.1, -0.05) is 12.1 Å². The summed E-state index contributed by atoms with van der Waals surface area (Å²) >= 11 is 0. The Morgan fingerprint density at radius 1 is 1.31 bits per heavy atom. The molecule has 0 aromatic heterocycles. The maximum absolute atomic E-state index is 11.2. The van der Waals surface area contributed by atoms with Crippen LogP contribution in [0.3, 0.4) is 0 Å². The summed E-state index contributed by atoms with van der Waals surface area (Å²) in [4.78, 5) is 21.9. The number of hydrogen-bond donors (Lipinski definition) is 3.